The Morgan fingerprint density at radius 1 is 1.32 bits per heavy atom. The summed E-state index contributed by atoms with van der Waals surface area (Å²) in [6.07, 6.45) is -2.47. The van der Waals surface area contributed by atoms with E-state index in [2.05, 4.69) is 27.3 Å². The largest absolute Gasteiger partial charge is 0.401 e. The highest BCUT2D eigenvalue weighted by Gasteiger charge is 2.29. The summed E-state index contributed by atoms with van der Waals surface area (Å²) in [5.74, 6) is 1.27. The van der Waals surface area contributed by atoms with Crippen LogP contribution < -0.4 is 5.32 Å². The van der Waals surface area contributed by atoms with Gasteiger partial charge in [0.2, 0.25) is 0 Å². The van der Waals surface area contributed by atoms with E-state index in [1.165, 1.54) is 17.5 Å². The summed E-state index contributed by atoms with van der Waals surface area (Å²) in [5, 5.41) is 3.26. The topological polar surface area (TPSA) is 40.1 Å². The molecule has 8 heteroatoms. The molecule has 1 aromatic rings. The SMILES string of the molecule is CN=C(NCCCN(C)CC(F)(F)F)N1CCC(COCc2ccccc2)C1. The molecule has 0 radical (unpaired) electrons. The highest BCUT2D eigenvalue weighted by Crippen LogP contribution is 2.18. The molecule has 0 spiro atoms. The maximum absolute atomic E-state index is 12.3. The van der Waals surface area contributed by atoms with E-state index >= 15 is 0 Å². The van der Waals surface area contributed by atoms with Gasteiger partial charge in [-0.1, -0.05) is 30.3 Å². The number of guanidine groups is 1. The van der Waals surface area contributed by atoms with Gasteiger partial charge in [-0.05, 0) is 32.0 Å². The average molecular weight is 400 g/mol. The van der Waals surface area contributed by atoms with Gasteiger partial charge >= 0.3 is 6.18 Å². The van der Waals surface area contributed by atoms with Crippen LogP contribution in [-0.4, -0.2) is 75.4 Å². The summed E-state index contributed by atoms with van der Waals surface area (Å²) >= 11 is 0. The molecule has 1 fully saturated rings. The lowest BCUT2D eigenvalue weighted by atomic mass is 10.1. The van der Waals surface area contributed by atoms with Gasteiger partial charge in [0.25, 0.3) is 0 Å². The van der Waals surface area contributed by atoms with Crippen LogP contribution in [-0.2, 0) is 11.3 Å². The first kappa shape index (κ1) is 22.5. The molecule has 2 rings (SSSR count). The second-order valence-electron chi connectivity index (χ2n) is 7.28. The highest BCUT2D eigenvalue weighted by atomic mass is 19.4. The smallest absolute Gasteiger partial charge is 0.376 e. The number of benzene rings is 1. The van der Waals surface area contributed by atoms with Crippen molar-refractivity contribution in [1.29, 1.82) is 0 Å². The first-order chi connectivity index (χ1) is 13.4. The molecule has 0 aliphatic carbocycles. The van der Waals surface area contributed by atoms with Crippen LogP contribution in [0.15, 0.2) is 35.3 Å². The van der Waals surface area contributed by atoms with Crippen LogP contribution in [0.25, 0.3) is 0 Å². The van der Waals surface area contributed by atoms with Crippen molar-refractivity contribution >= 4 is 5.96 Å². The van der Waals surface area contributed by atoms with Crippen molar-refractivity contribution in [2.24, 2.45) is 10.9 Å². The van der Waals surface area contributed by atoms with Crippen LogP contribution in [0.3, 0.4) is 0 Å². The summed E-state index contributed by atoms with van der Waals surface area (Å²) in [7, 11) is 3.22. The Bertz CT molecular complexity index is 595. The standard InChI is InChI=1S/C20H31F3N4O/c1-24-19(25-10-6-11-26(2)16-20(21,22)23)27-12-9-18(13-27)15-28-14-17-7-4-3-5-8-17/h3-5,7-8,18H,6,9-16H2,1-2H3,(H,24,25). The second-order valence-corrected chi connectivity index (χ2v) is 7.28. The third-order valence-electron chi connectivity index (χ3n) is 4.71. The monoisotopic (exact) mass is 400 g/mol. The van der Waals surface area contributed by atoms with E-state index in [1.807, 2.05) is 18.2 Å². The molecule has 1 unspecified atom stereocenters. The number of hydrogen-bond donors (Lipinski definition) is 1. The van der Waals surface area contributed by atoms with Crippen molar-refractivity contribution < 1.29 is 17.9 Å². The Morgan fingerprint density at radius 3 is 2.75 bits per heavy atom. The summed E-state index contributed by atoms with van der Waals surface area (Å²) in [4.78, 5) is 7.79. The molecule has 1 N–H and O–H groups in total. The van der Waals surface area contributed by atoms with Crippen molar-refractivity contribution in [3.63, 3.8) is 0 Å². The zero-order valence-electron chi connectivity index (χ0n) is 16.7. The number of nitrogens with one attached hydrogen (secondary N) is 1. The van der Waals surface area contributed by atoms with E-state index in [0.717, 1.165) is 25.5 Å². The predicted molar refractivity (Wildman–Crippen MR) is 105 cm³/mol. The fraction of sp³-hybridized carbons (Fsp3) is 0.650. The Balaban J connectivity index is 1.62. The van der Waals surface area contributed by atoms with Crippen LogP contribution in [0.2, 0.25) is 0 Å². The normalized spacial score (nSPS) is 18.1. The van der Waals surface area contributed by atoms with Crippen LogP contribution >= 0.6 is 0 Å². The zero-order valence-corrected chi connectivity index (χ0v) is 16.7. The van der Waals surface area contributed by atoms with Gasteiger partial charge in [0.05, 0.1) is 19.8 Å². The number of likely N-dealkylation sites (tertiary alicyclic amines) is 1. The number of nitrogens with zero attached hydrogens (tertiary/aromatic N) is 3. The molecule has 0 saturated carbocycles. The van der Waals surface area contributed by atoms with Gasteiger partial charge in [0.1, 0.15) is 0 Å². The molecular formula is C20H31F3N4O. The van der Waals surface area contributed by atoms with Crippen LogP contribution in [0, 0.1) is 5.92 Å². The highest BCUT2D eigenvalue weighted by molar-refractivity contribution is 5.80. The van der Waals surface area contributed by atoms with Gasteiger partial charge in [-0.3, -0.25) is 9.89 Å². The van der Waals surface area contributed by atoms with Crippen molar-refractivity contribution in [3.05, 3.63) is 35.9 Å². The average Bonchev–Trinajstić information content (AvgIpc) is 3.10. The minimum absolute atomic E-state index is 0.388. The van der Waals surface area contributed by atoms with E-state index in [0.29, 0.717) is 38.6 Å². The predicted octanol–water partition coefficient (Wildman–Crippen LogP) is 2.98. The number of halogens is 3. The molecule has 1 aromatic carbocycles. The lowest BCUT2D eigenvalue weighted by molar-refractivity contribution is -0.143. The third kappa shape index (κ3) is 8.48. The fourth-order valence-corrected chi connectivity index (χ4v) is 3.35. The first-order valence-corrected chi connectivity index (χ1v) is 9.70. The van der Waals surface area contributed by atoms with Gasteiger partial charge in [-0.25, -0.2) is 0 Å². The Labute approximate surface area is 165 Å². The van der Waals surface area contributed by atoms with Crippen LogP contribution in [0.4, 0.5) is 13.2 Å². The zero-order chi connectivity index (χ0) is 20.4. The van der Waals surface area contributed by atoms with Gasteiger partial charge in [0.15, 0.2) is 5.96 Å². The molecule has 1 saturated heterocycles. The lowest BCUT2D eigenvalue weighted by Gasteiger charge is -2.23. The quantitative estimate of drug-likeness (QED) is 0.393. The molecule has 1 aliphatic heterocycles. The van der Waals surface area contributed by atoms with E-state index in [4.69, 9.17) is 4.74 Å². The van der Waals surface area contributed by atoms with E-state index in [9.17, 15) is 13.2 Å². The molecule has 158 valence electrons. The third-order valence-corrected chi connectivity index (χ3v) is 4.71. The van der Waals surface area contributed by atoms with Crippen LogP contribution in [0.5, 0.6) is 0 Å². The van der Waals surface area contributed by atoms with Gasteiger partial charge in [-0.2, -0.15) is 13.2 Å². The summed E-state index contributed by atoms with van der Waals surface area (Å²) in [6.45, 7) is 3.23. The molecule has 0 amide bonds. The second kappa shape index (κ2) is 11.3. The minimum atomic E-state index is -4.15. The molecule has 1 heterocycles. The van der Waals surface area contributed by atoms with Crippen molar-refractivity contribution in [3.8, 4) is 0 Å². The number of aliphatic imine (C=N–C) groups is 1. The molecule has 0 bridgehead atoms. The van der Waals surface area contributed by atoms with Crippen molar-refractivity contribution in [1.82, 2.24) is 15.1 Å². The minimum Gasteiger partial charge on any atom is -0.376 e. The maximum atomic E-state index is 12.3. The summed E-state index contributed by atoms with van der Waals surface area (Å²) in [5.41, 5.74) is 1.17. The first-order valence-electron chi connectivity index (χ1n) is 9.70. The van der Waals surface area contributed by atoms with E-state index in [-0.39, 0.29) is 0 Å². The maximum Gasteiger partial charge on any atom is 0.401 e. The molecule has 28 heavy (non-hydrogen) atoms. The number of ether oxygens (including phenoxy) is 1. The number of alkyl halides is 3. The van der Waals surface area contributed by atoms with Gasteiger partial charge in [0, 0.05) is 32.6 Å². The van der Waals surface area contributed by atoms with Crippen LogP contribution in [0.1, 0.15) is 18.4 Å². The number of hydrogen-bond acceptors (Lipinski definition) is 3. The van der Waals surface area contributed by atoms with Gasteiger partial charge < -0.3 is 15.0 Å². The Kier molecular flexibility index (Phi) is 9.05. The van der Waals surface area contributed by atoms with Crippen molar-refractivity contribution in [2.75, 3.05) is 53.4 Å². The molecule has 0 aromatic heterocycles. The molecule has 5 nitrogen and oxygen atoms in total. The molecular weight excluding hydrogens is 369 g/mol. The Hall–Kier alpha value is -1.80. The van der Waals surface area contributed by atoms with E-state index < -0.39 is 12.7 Å². The summed E-state index contributed by atoms with van der Waals surface area (Å²) in [6, 6.07) is 10.1. The van der Waals surface area contributed by atoms with Gasteiger partial charge in [-0.15, -0.1) is 0 Å². The lowest BCUT2D eigenvalue weighted by Crippen LogP contribution is -2.41. The molecule has 1 aliphatic rings. The Morgan fingerprint density at radius 2 is 2.07 bits per heavy atom. The van der Waals surface area contributed by atoms with E-state index in [1.54, 1.807) is 7.05 Å². The fourth-order valence-electron chi connectivity index (χ4n) is 3.35. The van der Waals surface area contributed by atoms with Crippen molar-refractivity contribution in [2.45, 2.75) is 25.6 Å². The number of rotatable bonds is 9. The molecule has 1 atom stereocenters. The summed E-state index contributed by atoms with van der Waals surface area (Å²) < 4.78 is 42.8.